The van der Waals surface area contributed by atoms with Gasteiger partial charge in [0.1, 0.15) is 0 Å². The molecular formula is C21H15N5O2S. The van der Waals surface area contributed by atoms with Gasteiger partial charge < -0.3 is 0 Å². The van der Waals surface area contributed by atoms with E-state index < -0.39 is 10.0 Å². The van der Waals surface area contributed by atoms with E-state index in [1.54, 1.807) is 30.7 Å². The van der Waals surface area contributed by atoms with E-state index in [4.69, 9.17) is 5.14 Å². The highest BCUT2D eigenvalue weighted by Gasteiger charge is 2.12. The zero-order valence-corrected chi connectivity index (χ0v) is 15.9. The molecule has 0 unspecified atom stereocenters. The normalized spacial score (nSPS) is 11.9. The first-order valence-corrected chi connectivity index (χ1v) is 10.4. The van der Waals surface area contributed by atoms with E-state index in [2.05, 4.69) is 20.2 Å². The molecule has 142 valence electrons. The Balaban J connectivity index is 1.70. The van der Waals surface area contributed by atoms with Gasteiger partial charge in [0.05, 0.1) is 16.6 Å². The number of H-pyrrole nitrogens is 1. The Morgan fingerprint density at radius 2 is 1.76 bits per heavy atom. The number of hydrogen-bond donors (Lipinski definition) is 2. The Morgan fingerprint density at radius 3 is 2.62 bits per heavy atom. The van der Waals surface area contributed by atoms with Gasteiger partial charge in [-0.15, -0.1) is 0 Å². The number of aromatic nitrogens is 4. The van der Waals surface area contributed by atoms with Gasteiger partial charge in [0.15, 0.2) is 5.65 Å². The van der Waals surface area contributed by atoms with Crippen LogP contribution in [0.15, 0.2) is 78.1 Å². The van der Waals surface area contributed by atoms with Crippen molar-refractivity contribution in [2.24, 2.45) is 5.14 Å². The summed E-state index contributed by atoms with van der Waals surface area (Å²) in [6.45, 7) is 0. The summed E-state index contributed by atoms with van der Waals surface area (Å²) < 4.78 is 23.5. The number of fused-ring (bicyclic) bond motifs is 2. The maximum absolute atomic E-state index is 11.8. The maximum atomic E-state index is 11.8. The van der Waals surface area contributed by atoms with Crippen molar-refractivity contribution in [1.82, 2.24) is 20.2 Å². The molecule has 0 bridgehead atoms. The smallest absolute Gasteiger partial charge is 0.238 e. The third-order valence-electron chi connectivity index (χ3n) is 4.84. The maximum Gasteiger partial charge on any atom is 0.238 e. The van der Waals surface area contributed by atoms with E-state index in [1.165, 1.54) is 6.07 Å². The summed E-state index contributed by atoms with van der Waals surface area (Å²) in [5.41, 5.74) is 5.10. The Morgan fingerprint density at radius 1 is 0.862 bits per heavy atom. The molecule has 0 aliphatic carbocycles. The molecule has 0 amide bonds. The molecule has 0 fully saturated rings. The minimum Gasteiger partial charge on any atom is -0.261 e. The van der Waals surface area contributed by atoms with Crippen LogP contribution in [-0.4, -0.2) is 28.6 Å². The van der Waals surface area contributed by atoms with E-state index in [-0.39, 0.29) is 4.90 Å². The average molecular weight is 401 g/mol. The summed E-state index contributed by atoms with van der Waals surface area (Å²) in [5, 5.41) is 14.0. The Labute approximate surface area is 166 Å². The van der Waals surface area contributed by atoms with E-state index >= 15 is 0 Å². The lowest BCUT2D eigenvalue weighted by atomic mass is 9.98. The molecule has 0 aliphatic heterocycles. The fourth-order valence-electron chi connectivity index (χ4n) is 3.41. The number of nitrogens with two attached hydrogens (primary N) is 1. The van der Waals surface area contributed by atoms with Crippen LogP contribution in [0.25, 0.3) is 44.2 Å². The highest BCUT2D eigenvalue weighted by atomic mass is 32.2. The first-order chi connectivity index (χ1) is 14.0. The molecule has 29 heavy (non-hydrogen) atoms. The predicted molar refractivity (Wildman–Crippen MR) is 111 cm³/mol. The molecule has 2 aromatic carbocycles. The van der Waals surface area contributed by atoms with E-state index in [1.807, 2.05) is 36.4 Å². The van der Waals surface area contributed by atoms with Crippen molar-refractivity contribution in [3.05, 3.63) is 73.2 Å². The molecule has 7 nitrogen and oxygen atoms in total. The van der Waals surface area contributed by atoms with Crippen LogP contribution in [0.4, 0.5) is 0 Å². The highest BCUT2D eigenvalue weighted by Crippen LogP contribution is 2.32. The van der Waals surface area contributed by atoms with Crippen molar-refractivity contribution in [1.29, 1.82) is 0 Å². The minimum atomic E-state index is -3.79. The van der Waals surface area contributed by atoms with Gasteiger partial charge in [-0.3, -0.25) is 10.1 Å². The summed E-state index contributed by atoms with van der Waals surface area (Å²) in [7, 11) is -3.79. The number of sulfonamides is 1. The van der Waals surface area contributed by atoms with Crippen LogP contribution in [0.3, 0.4) is 0 Å². The molecule has 0 saturated heterocycles. The SMILES string of the molecule is NS(=O)(=O)c1cccc(-c2ccnc3ccc(-c4cnc5[nH]ncc5c4)cc23)c1. The van der Waals surface area contributed by atoms with Crippen molar-refractivity contribution in [3.8, 4) is 22.3 Å². The largest absolute Gasteiger partial charge is 0.261 e. The van der Waals surface area contributed by atoms with Gasteiger partial charge in [-0.05, 0) is 53.1 Å². The molecule has 3 aromatic heterocycles. The number of rotatable bonds is 3. The standard InChI is InChI=1S/C21H15N5O2S/c22-29(27,28)17-3-1-2-14(9-17)18-6-7-23-20-5-4-13(10-19(18)20)15-8-16-12-25-26-21(16)24-11-15/h1-12H,(H2,22,27,28)(H,24,25,26). The molecule has 5 rings (SSSR count). The molecule has 3 N–H and O–H groups in total. The predicted octanol–water partition coefficient (Wildman–Crippen LogP) is 3.49. The number of pyridine rings is 2. The molecule has 3 heterocycles. The second kappa shape index (κ2) is 6.47. The number of hydrogen-bond acceptors (Lipinski definition) is 5. The lowest BCUT2D eigenvalue weighted by molar-refractivity contribution is 0.598. The van der Waals surface area contributed by atoms with Crippen molar-refractivity contribution >= 4 is 32.0 Å². The fourth-order valence-corrected chi connectivity index (χ4v) is 3.97. The molecule has 0 aliphatic rings. The van der Waals surface area contributed by atoms with E-state index in [9.17, 15) is 8.42 Å². The van der Waals surface area contributed by atoms with Gasteiger partial charge in [0.2, 0.25) is 10.0 Å². The molecule has 0 saturated carbocycles. The number of nitrogens with zero attached hydrogens (tertiary/aromatic N) is 3. The lowest BCUT2D eigenvalue weighted by Crippen LogP contribution is -2.11. The van der Waals surface area contributed by atoms with Crippen LogP contribution in [0.1, 0.15) is 0 Å². The summed E-state index contributed by atoms with van der Waals surface area (Å²) >= 11 is 0. The second-order valence-electron chi connectivity index (χ2n) is 6.70. The molecule has 0 atom stereocenters. The number of benzene rings is 2. The Kier molecular flexibility index (Phi) is 3.90. The lowest BCUT2D eigenvalue weighted by Gasteiger charge is -2.10. The highest BCUT2D eigenvalue weighted by molar-refractivity contribution is 7.89. The third kappa shape index (κ3) is 3.14. The van der Waals surface area contributed by atoms with Crippen LogP contribution in [0, 0.1) is 0 Å². The second-order valence-corrected chi connectivity index (χ2v) is 8.26. The van der Waals surface area contributed by atoms with Crippen LogP contribution >= 0.6 is 0 Å². The zero-order valence-electron chi connectivity index (χ0n) is 15.1. The summed E-state index contributed by atoms with van der Waals surface area (Å²) in [6, 6.07) is 16.5. The van der Waals surface area contributed by atoms with E-state index in [0.29, 0.717) is 0 Å². The molecule has 0 spiro atoms. The summed E-state index contributed by atoms with van der Waals surface area (Å²) in [4.78, 5) is 8.92. The fraction of sp³-hybridized carbons (Fsp3) is 0. The van der Waals surface area contributed by atoms with Gasteiger partial charge in [-0.1, -0.05) is 18.2 Å². The summed E-state index contributed by atoms with van der Waals surface area (Å²) in [5.74, 6) is 0. The van der Waals surface area contributed by atoms with Crippen molar-refractivity contribution < 1.29 is 8.42 Å². The van der Waals surface area contributed by atoms with Crippen molar-refractivity contribution in [3.63, 3.8) is 0 Å². The minimum absolute atomic E-state index is 0.0747. The van der Waals surface area contributed by atoms with Crippen molar-refractivity contribution in [2.75, 3.05) is 0 Å². The zero-order chi connectivity index (χ0) is 20.0. The van der Waals surface area contributed by atoms with Crippen LogP contribution in [0.2, 0.25) is 0 Å². The monoisotopic (exact) mass is 401 g/mol. The van der Waals surface area contributed by atoms with Crippen LogP contribution in [-0.2, 0) is 10.0 Å². The van der Waals surface area contributed by atoms with Gasteiger partial charge in [-0.25, -0.2) is 18.5 Å². The summed E-state index contributed by atoms with van der Waals surface area (Å²) in [6.07, 6.45) is 5.23. The van der Waals surface area contributed by atoms with Gasteiger partial charge in [0, 0.05) is 28.7 Å². The third-order valence-corrected chi connectivity index (χ3v) is 5.75. The Bertz CT molecular complexity index is 1490. The molecule has 0 radical (unpaired) electrons. The number of aromatic amines is 1. The number of nitrogens with one attached hydrogen (secondary N) is 1. The average Bonchev–Trinajstić information content (AvgIpc) is 3.20. The van der Waals surface area contributed by atoms with Crippen LogP contribution in [0.5, 0.6) is 0 Å². The van der Waals surface area contributed by atoms with E-state index in [0.717, 1.165) is 44.2 Å². The first-order valence-electron chi connectivity index (χ1n) is 8.80. The number of primary sulfonamides is 1. The van der Waals surface area contributed by atoms with Crippen molar-refractivity contribution in [2.45, 2.75) is 4.90 Å². The molecule has 5 aromatic rings. The van der Waals surface area contributed by atoms with Gasteiger partial charge in [-0.2, -0.15) is 5.10 Å². The van der Waals surface area contributed by atoms with Crippen LogP contribution < -0.4 is 5.14 Å². The first kappa shape index (κ1) is 17.5. The molecule has 8 heteroatoms. The van der Waals surface area contributed by atoms with Gasteiger partial charge in [0.25, 0.3) is 0 Å². The van der Waals surface area contributed by atoms with Gasteiger partial charge >= 0.3 is 0 Å². The topological polar surface area (TPSA) is 115 Å². The Hall–Kier alpha value is -3.62. The molecular weight excluding hydrogens is 386 g/mol. The quantitative estimate of drug-likeness (QED) is 0.480.